The van der Waals surface area contributed by atoms with E-state index in [-0.39, 0.29) is 26.1 Å². The van der Waals surface area contributed by atoms with Crippen LogP contribution in [-0.2, 0) is 30.0 Å². The van der Waals surface area contributed by atoms with Crippen LogP contribution in [0.4, 0.5) is 4.79 Å². The Kier molecular flexibility index (Phi) is 10.3. The molecular weight excluding hydrogens is 543 g/mol. The summed E-state index contributed by atoms with van der Waals surface area (Å²) in [6, 6.07) is 6.73. The van der Waals surface area contributed by atoms with Crippen LogP contribution in [0.1, 0.15) is 38.4 Å². The second kappa shape index (κ2) is 13.3. The number of benzene rings is 1. The van der Waals surface area contributed by atoms with Crippen LogP contribution in [0.25, 0.3) is 10.4 Å². The SMILES string of the molecule is C=CCNC(=O)O[C@H](C(=O)N1C[C@H](O[P+](=O)O)C[C@H]1C(=O)NCc1ccc(-c2scnc2C)cc1)C(C)(C)C. The van der Waals surface area contributed by atoms with Gasteiger partial charge in [-0.2, -0.15) is 0 Å². The van der Waals surface area contributed by atoms with Crippen LogP contribution in [-0.4, -0.2) is 64.0 Å². The van der Waals surface area contributed by atoms with Gasteiger partial charge < -0.3 is 20.3 Å². The van der Waals surface area contributed by atoms with Gasteiger partial charge in [0.2, 0.25) is 5.91 Å². The summed E-state index contributed by atoms with van der Waals surface area (Å²) >= 11 is 1.55. The van der Waals surface area contributed by atoms with Crippen molar-refractivity contribution in [2.75, 3.05) is 13.1 Å². The van der Waals surface area contributed by atoms with Crippen LogP contribution < -0.4 is 10.6 Å². The molecule has 2 aromatic rings. The van der Waals surface area contributed by atoms with Crippen molar-refractivity contribution in [3.8, 4) is 10.4 Å². The number of rotatable bonds is 10. The van der Waals surface area contributed by atoms with Crippen molar-refractivity contribution in [3.05, 3.63) is 53.7 Å². The first-order chi connectivity index (χ1) is 18.4. The van der Waals surface area contributed by atoms with Crippen molar-refractivity contribution in [2.24, 2.45) is 5.41 Å². The molecule has 4 atom stereocenters. The minimum atomic E-state index is -2.94. The number of hydrogen-bond donors (Lipinski definition) is 3. The zero-order valence-electron chi connectivity index (χ0n) is 22.4. The molecule has 1 aliphatic rings. The predicted octanol–water partition coefficient (Wildman–Crippen LogP) is 3.70. The Balaban J connectivity index is 1.74. The van der Waals surface area contributed by atoms with Gasteiger partial charge in [-0.1, -0.05) is 51.1 Å². The first kappa shape index (κ1) is 30.4. The fourth-order valence-corrected chi connectivity index (χ4v) is 5.43. The van der Waals surface area contributed by atoms with Gasteiger partial charge in [0.05, 0.1) is 22.6 Å². The number of aromatic nitrogens is 1. The van der Waals surface area contributed by atoms with Gasteiger partial charge >= 0.3 is 14.3 Å². The number of carbonyl (C=O) groups is 3. The number of aryl methyl sites for hydroxylation is 1. The summed E-state index contributed by atoms with van der Waals surface area (Å²) in [7, 11) is -2.94. The van der Waals surface area contributed by atoms with Crippen molar-refractivity contribution in [2.45, 2.75) is 58.9 Å². The molecule has 2 heterocycles. The van der Waals surface area contributed by atoms with E-state index in [1.54, 1.807) is 37.6 Å². The van der Waals surface area contributed by atoms with Crippen LogP contribution in [0, 0.1) is 12.3 Å². The van der Waals surface area contributed by atoms with Crippen LogP contribution in [0.5, 0.6) is 0 Å². The first-order valence-corrected chi connectivity index (χ1v) is 14.4. The molecule has 11 nitrogen and oxygen atoms in total. The highest BCUT2D eigenvalue weighted by Crippen LogP contribution is 2.32. The summed E-state index contributed by atoms with van der Waals surface area (Å²) in [5.41, 5.74) is 3.82. The third-order valence-electron chi connectivity index (χ3n) is 6.14. The van der Waals surface area contributed by atoms with E-state index >= 15 is 0 Å². The van der Waals surface area contributed by atoms with E-state index in [9.17, 15) is 23.8 Å². The first-order valence-electron chi connectivity index (χ1n) is 12.4. The van der Waals surface area contributed by atoms with Crippen LogP contribution in [0.2, 0.25) is 0 Å². The van der Waals surface area contributed by atoms with E-state index in [2.05, 4.69) is 22.2 Å². The maximum absolute atomic E-state index is 13.6. The maximum atomic E-state index is 13.6. The second-order valence-electron chi connectivity index (χ2n) is 10.2. The molecule has 3 N–H and O–H groups in total. The molecule has 0 spiro atoms. The molecule has 1 saturated heterocycles. The van der Waals surface area contributed by atoms with E-state index in [1.165, 1.54) is 11.0 Å². The Morgan fingerprint density at radius 3 is 2.54 bits per heavy atom. The summed E-state index contributed by atoms with van der Waals surface area (Å²) in [6.07, 6.45) is -1.37. The highest BCUT2D eigenvalue weighted by atomic mass is 32.1. The van der Waals surface area contributed by atoms with Gasteiger partial charge in [0, 0.05) is 29.5 Å². The number of likely N-dealkylation sites (tertiary alicyclic amines) is 1. The van der Waals surface area contributed by atoms with Crippen LogP contribution in [0.3, 0.4) is 0 Å². The number of carbonyl (C=O) groups excluding carboxylic acids is 3. The van der Waals surface area contributed by atoms with Gasteiger partial charge in [-0.3, -0.25) is 9.59 Å². The molecule has 3 rings (SSSR count). The Morgan fingerprint density at radius 2 is 1.97 bits per heavy atom. The summed E-state index contributed by atoms with van der Waals surface area (Å²) in [6.45, 7) is 10.9. The van der Waals surface area contributed by atoms with Crippen LogP contribution in [0.15, 0.2) is 42.4 Å². The van der Waals surface area contributed by atoms with E-state index in [1.807, 2.05) is 31.2 Å². The molecule has 1 aromatic carbocycles. The van der Waals surface area contributed by atoms with Crippen molar-refractivity contribution in [1.82, 2.24) is 20.5 Å². The fourth-order valence-electron chi connectivity index (χ4n) is 4.21. The standard InChI is InChI=1S/C26H33N4O7PS/c1-6-11-27-25(33)36-22(26(3,4)5)24(32)30-14-19(37-38(34)35)12-20(30)23(31)28-13-17-7-9-18(10-8-17)21-16(2)29-15-39-21/h6-10,15,19-20,22H,1,11-14H2,2-5H3,(H2-,27,28,31,33,34,35)/p+1/t19-,20+,22-/m1/s1. The summed E-state index contributed by atoms with van der Waals surface area (Å²) in [4.78, 5) is 55.0. The molecule has 0 bridgehead atoms. The van der Waals surface area contributed by atoms with Gasteiger partial charge in [-0.05, 0) is 18.1 Å². The number of amides is 3. The number of ether oxygens (including phenoxy) is 1. The molecule has 39 heavy (non-hydrogen) atoms. The van der Waals surface area contributed by atoms with Gasteiger partial charge in [0.15, 0.2) is 6.10 Å². The van der Waals surface area contributed by atoms with E-state index in [4.69, 9.17) is 9.26 Å². The van der Waals surface area contributed by atoms with Gasteiger partial charge in [-0.25, -0.2) is 9.78 Å². The average molecular weight is 578 g/mol. The molecule has 13 heteroatoms. The Bertz CT molecular complexity index is 1210. The predicted molar refractivity (Wildman–Crippen MR) is 147 cm³/mol. The number of nitrogens with zero attached hydrogens (tertiary/aromatic N) is 2. The molecular formula is C26H34N4O7PS+. The molecule has 0 radical (unpaired) electrons. The lowest BCUT2D eigenvalue weighted by atomic mass is 9.88. The quantitative estimate of drug-likeness (QED) is 0.286. The molecule has 210 valence electrons. The van der Waals surface area contributed by atoms with Gasteiger partial charge in [0.1, 0.15) is 12.1 Å². The van der Waals surface area contributed by atoms with Crippen LogP contribution >= 0.6 is 19.6 Å². The fraction of sp³-hybridized carbons (Fsp3) is 0.462. The lowest BCUT2D eigenvalue weighted by molar-refractivity contribution is -0.150. The van der Waals surface area contributed by atoms with Crippen molar-refractivity contribution < 1.29 is 33.1 Å². The van der Waals surface area contributed by atoms with Crippen molar-refractivity contribution >= 4 is 37.5 Å². The highest BCUT2D eigenvalue weighted by molar-refractivity contribution is 7.32. The number of nitrogens with one attached hydrogen (secondary N) is 2. The molecule has 1 fully saturated rings. The Labute approximate surface area is 232 Å². The number of thiazole rings is 1. The lowest BCUT2D eigenvalue weighted by Crippen LogP contribution is -2.53. The molecule has 1 aromatic heterocycles. The molecule has 1 aliphatic heterocycles. The van der Waals surface area contributed by atoms with Gasteiger partial charge in [0.25, 0.3) is 5.91 Å². The minimum absolute atomic E-state index is 0.0162. The molecule has 3 amide bonds. The zero-order valence-corrected chi connectivity index (χ0v) is 24.1. The minimum Gasteiger partial charge on any atom is -0.436 e. The molecule has 1 unspecified atom stereocenters. The average Bonchev–Trinajstić information content (AvgIpc) is 3.49. The topological polar surface area (TPSA) is 147 Å². The van der Waals surface area contributed by atoms with Crippen molar-refractivity contribution in [3.63, 3.8) is 0 Å². The van der Waals surface area contributed by atoms with E-state index < -0.39 is 49.8 Å². The normalized spacial score (nSPS) is 18.3. The highest BCUT2D eigenvalue weighted by Gasteiger charge is 2.48. The van der Waals surface area contributed by atoms with E-state index in [0.717, 1.165) is 21.7 Å². The number of alkyl carbamates (subject to hydrolysis) is 1. The Morgan fingerprint density at radius 1 is 1.28 bits per heavy atom. The summed E-state index contributed by atoms with van der Waals surface area (Å²) in [5.74, 6) is -1.05. The number of hydrogen-bond acceptors (Lipinski definition) is 8. The summed E-state index contributed by atoms with van der Waals surface area (Å²) in [5, 5.41) is 5.32. The third-order valence-corrected chi connectivity index (χ3v) is 7.60. The maximum Gasteiger partial charge on any atom is 0.695 e. The van der Waals surface area contributed by atoms with Gasteiger partial charge in [-0.15, -0.1) is 27.3 Å². The smallest absolute Gasteiger partial charge is 0.436 e. The summed E-state index contributed by atoms with van der Waals surface area (Å²) < 4.78 is 21.8. The third kappa shape index (κ3) is 8.15. The molecule has 0 aliphatic carbocycles. The second-order valence-corrected chi connectivity index (χ2v) is 11.8. The van der Waals surface area contributed by atoms with E-state index in [0.29, 0.717) is 0 Å². The zero-order chi connectivity index (χ0) is 28.7. The monoisotopic (exact) mass is 577 g/mol. The van der Waals surface area contributed by atoms with Crippen molar-refractivity contribution in [1.29, 1.82) is 0 Å². The lowest BCUT2D eigenvalue weighted by Gasteiger charge is -2.34. The molecule has 0 saturated carbocycles. The largest absolute Gasteiger partial charge is 0.695 e. The Hall–Kier alpha value is -3.18.